The van der Waals surface area contributed by atoms with E-state index in [1.54, 1.807) is 0 Å². The van der Waals surface area contributed by atoms with Gasteiger partial charge in [0.05, 0.1) is 0 Å². The SMILES string of the molecule is CCCC1=Cc2ccccc21. The van der Waals surface area contributed by atoms with Crippen molar-refractivity contribution in [2.75, 3.05) is 0 Å². The van der Waals surface area contributed by atoms with E-state index in [0.29, 0.717) is 0 Å². The number of hydrogen-bond acceptors (Lipinski definition) is 0. The van der Waals surface area contributed by atoms with E-state index in [1.807, 2.05) is 0 Å². The van der Waals surface area contributed by atoms with E-state index in [0.717, 1.165) is 0 Å². The Kier molecular flexibility index (Phi) is 1.54. The predicted molar refractivity (Wildman–Crippen MR) is 49.2 cm³/mol. The summed E-state index contributed by atoms with van der Waals surface area (Å²) in [4.78, 5) is 0. The predicted octanol–water partition coefficient (Wildman–Crippen LogP) is 3.34. The summed E-state index contributed by atoms with van der Waals surface area (Å²) in [5.74, 6) is 0. The second kappa shape index (κ2) is 2.54. The quantitative estimate of drug-likeness (QED) is 0.597. The molecule has 0 unspecified atom stereocenters. The summed E-state index contributed by atoms with van der Waals surface area (Å²) in [6.45, 7) is 2.22. The Balaban J connectivity index is 2.24. The molecule has 0 aliphatic heterocycles. The zero-order valence-electron chi connectivity index (χ0n) is 6.80. The number of rotatable bonds is 2. The van der Waals surface area contributed by atoms with Crippen LogP contribution in [0, 0.1) is 0 Å². The minimum absolute atomic E-state index is 1.23. The van der Waals surface area contributed by atoms with Crippen molar-refractivity contribution in [3.8, 4) is 0 Å². The monoisotopic (exact) mass is 144 g/mol. The average Bonchev–Trinajstić information content (AvgIpc) is 2.01. The van der Waals surface area contributed by atoms with Gasteiger partial charge in [0.25, 0.3) is 0 Å². The van der Waals surface area contributed by atoms with Crippen LogP contribution in [0.2, 0.25) is 0 Å². The van der Waals surface area contributed by atoms with Gasteiger partial charge in [-0.1, -0.05) is 43.7 Å². The number of allylic oxidation sites excluding steroid dienone is 1. The summed E-state index contributed by atoms with van der Waals surface area (Å²) >= 11 is 0. The molecule has 0 bridgehead atoms. The van der Waals surface area contributed by atoms with Gasteiger partial charge in [-0.3, -0.25) is 0 Å². The molecule has 0 spiro atoms. The van der Waals surface area contributed by atoms with Gasteiger partial charge >= 0.3 is 0 Å². The van der Waals surface area contributed by atoms with Gasteiger partial charge in [-0.05, 0) is 23.1 Å². The first-order valence-corrected chi connectivity index (χ1v) is 4.22. The summed E-state index contributed by atoms with van der Waals surface area (Å²) in [6.07, 6.45) is 4.77. The lowest BCUT2D eigenvalue weighted by Gasteiger charge is -2.18. The fourth-order valence-electron chi connectivity index (χ4n) is 1.58. The van der Waals surface area contributed by atoms with Crippen LogP contribution < -0.4 is 0 Å². The van der Waals surface area contributed by atoms with Crippen LogP contribution in [0.5, 0.6) is 0 Å². The highest BCUT2D eigenvalue weighted by Crippen LogP contribution is 2.34. The molecule has 56 valence electrons. The molecule has 0 aromatic heterocycles. The Morgan fingerprint density at radius 1 is 1.18 bits per heavy atom. The maximum atomic E-state index is 2.29. The van der Waals surface area contributed by atoms with Gasteiger partial charge in [0.2, 0.25) is 0 Å². The van der Waals surface area contributed by atoms with Gasteiger partial charge in [-0.25, -0.2) is 0 Å². The Morgan fingerprint density at radius 3 is 2.73 bits per heavy atom. The van der Waals surface area contributed by atoms with Crippen molar-refractivity contribution in [1.29, 1.82) is 0 Å². The van der Waals surface area contributed by atoms with Gasteiger partial charge in [0, 0.05) is 0 Å². The Bertz CT molecular complexity index is 295. The molecule has 0 saturated heterocycles. The van der Waals surface area contributed by atoms with Crippen LogP contribution in [0.3, 0.4) is 0 Å². The van der Waals surface area contributed by atoms with Crippen LogP contribution in [0.1, 0.15) is 30.9 Å². The molecule has 0 nitrogen and oxygen atoms in total. The molecule has 1 aromatic rings. The van der Waals surface area contributed by atoms with E-state index >= 15 is 0 Å². The smallest absolute Gasteiger partial charge is 0.0152 e. The van der Waals surface area contributed by atoms with Gasteiger partial charge in [0.1, 0.15) is 0 Å². The molecule has 0 saturated carbocycles. The van der Waals surface area contributed by atoms with Crippen molar-refractivity contribution < 1.29 is 0 Å². The zero-order valence-corrected chi connectivity index (χ0v) is 6.80. The molecule has 0 N–H and O–H groups in total. The fourth-order valence-corrected chi connectivity index (χ4v) is 1.58. The molecular weight excluding hydrogens is 132 g/mol. The van der Waals surface area contributed by atoms with Crippen molar-refractivity contribution >= 4 is 11.6 Å². The van der Waals surface area contributed by atoms with E-state index in [2.05, 4.69) is 37.3 Å². The van der Waals surface area contributed by atoms with E-state index in [-0.39, 0.29) is 0 Å². The van der Waals surface area contributed by atoms with Crippen LogP contribution in [-0.4, -0.2) is 0 Å². The van der Waals surface area contributed by atoms with Crippen molar-refractivity contribution in [2.45, 2.75) is 19.8 Å². The molecule has 0 atom stereocenters. The summed E-state index contributed by atoms with van der Waals surface area (Å²) in [6, 6.07) is 8.59. The molecule has 1 aliphatic rings. The third kappa shape index (κ3) is 0.988. The van der Waals surface area contributed by atoms with Crippen LogP contribution in [-0.2, 0) is 0 Å². The third-order valence-electron chi connectivity index (χ3n) is 2.16. The number of benzene rings is 1. The average molecular weight is 144 g/mol. The lowest BCUT2D eigenvalue weighted by Crippen LogP contribution is -1.97. The maximum Gasteiger partial charge on any atom is -0.0152 e. The maximum absolute atomic E-state index is 2.29. The molecule has 0 heterocycles. The highest BCUT2D eigenvalue weighted by molar-refractivity contribution is 5.95. The molecular formula is C11H12. The van der Waals surface area contributed by atoms with E-state index < -0.39 is 0 Å². The van der Waals surface area contributed by atoms with Crippen LogP contribution in [0.25, 0.3) is 11.6 Å². The van der Waals surface area contributed by atoms with Crippen molar-refractivity contribution in [1.82, 2.24) is 0 Å². The van der Waals surface area contributed by atoms with Gasteiger partial charge in [0.15, 0.2) is 0 Å². The topological polar surface area (TPSA) is 0 Å². The molecule has 0 heteroatoms. The first kappa shape index (κ1) is 6.66. The zero-order chi connectivity index (χ0) is 7.68. The standard InChI is InChI=1S/C11H12/c1-2-5-9-8-10-6-3-4-7-11(9)10/h3-4,6-8H,2,5H2,1H3. The first-order valence-electron chi connectivity index (χ1n) is 4.22. The Labute approximate surface area is 67.6 Å². The summed E-state index contributed by atoms with van der Waals surface area (Å²) in [7, 11) is 0. The van der Waals surface area contributed by atoms with Gasteiger partial charge in [-0.15, -0.1) is 0 Å². The highest BCUT2D eigenvalue weighted by atomic mass is 14.2. The van der Waals surface area contributed by atoms with E-state index in [1.165, 1.54) is 29.5 Å². The number of hydrogen-bond donors (Lipinski definition) is 0. The minimum atomic E-state index is 1.23. The lowest BCUT2D eigenvalue weighted by atomic mass is 9.86. The Hall–Kier alpha value is -1.04. The second-order valence-electron chi connectivity index (χ2n) is 3.01. The second-order valence-corrected chi connectivity index (χ2v) is 3.01. The number of fused-ring (bicyclic) bond motifs is 1. The molecule has 1 aliphatic carbocycles. The first-order chi connectivity index (χ1) is 5.42. The van der Waals surface area contributed by atoms with Gasteiger partial charge in [-0.2, -0.15) is 0 Å². The molecule has 2 rings (SSSR count). The highest BCUT2D eigenvalue weighted by Gasteiger charge is 2.12. The summed E-state index contributed by atoms with van der Waals surface area (Å²) in [5, 5.41) is 0. The largest absolute Gasteiger partial charge is 0.0651 e. The van der Waals surface area contributed by atoms with Crippen LogP contribution >= 0.6 is 0 Å². The molecule has 0 amide bonds. The van der Waals surface area contributed by atoms with E-state index in [9.17, 15) is 0 Å². The third-order valence-corrected chi connectivity index (χ3v) is 2.16. The fraction of sp³-hybridized carbons (Fsp3) is 0.273. The summed E-state index contributed by atoms with van der Waals surface area (Å²) in [5.41, 5.74) is 4.41. The molecule has 11 heavy (non-hydrogen) atoms. The minimum Gasteiger partial charge on any atom is -0.0651 e. The van der Waals surface area contributed by atoms with Crippen molar-refractivity contribution in [3.63, 3.8) is 0 Å². The normalized spacial score (nSPS) is 13.4. The van der Waals surface area contributed by atoms with Gasteiger partial charge < -0.3 is 0 Å². The van der Waals surface area contributed by atoms with E-state index in [4.69, 9.17) is 0 Å². The van der Waals surface area contributed by atoms with Crippen LogP contribution in [0.15, 0.2) is 24.3 Å². The molecule has 0 fully saturated rings. The molecule has 1 aromatic carbocycles. The van der Waals surface area contributed by atoms with Crippen LogP contribution in [0.4, 0.5) is 0 Å². The summed E-state index contributed by atoms with van der Waals surface area (Å²) < 4.78 is 0. The lowest BCUT2D eigenvalue weighted by molar-refractivity contribution is 0.971. The molecule has 0 radical (unpaired) electrons. The van der Waals surface area contributed by atoms with Crippen molar-refractivity contribution in [3.05, 3.63) is 35.4 Å². The van der Waals surface area contributed by atoms with Crippen molar-refractivity contribution in [2.24, 2.45) is 0 Å². The Morgan fingerprint density at radius 2 is 2.00 bits per heavy atom.